The molecule has 2 heterocycles. The zero-order chi connectivity index (χ0) is 54.0. The van der Waals surface area contributed by atoms with E-state index in [0.29, 0.717) is 30.5 Å². The SMILES string of the molecule is CC(NC(=O)C(NC(=O)CCCCCN1C(=O)C=CC1=O)C(C)C)C(=O)NCCCN(C(=O)CSCC(NC(=O)CCC(=O)O)C(=O)O)C(c1cc(-c2cc(F)ccc2F)cn1Cc1ccccc1)C(C)(C)C. The summed E-state index contributed by atoms with van der Waals surface area (Å²) in [5, 5.41) is 29.3. The van der Waals surface area contributed by atoms with Gasteiger partial charge in [-0.05, 0) is 67.3 Å². The smallest absolute Gasteiger partial charge is 0.327 e. The second-order valence-corrected chi connectivity index (χ2v) is 20.3. The summed E-state index contributed by atoms with van der Waals surface area (Å²) in [4.78, 5) is 116. The standard InChI is InChI=1S/C52H67F2N7O11S/c1-32(2)47(58-41(62)16-11-8-12-24-60-43(64)20-21-44(60)65)50(70)56-33(3)49(69)55-23-13-25-61(45(66)31-73-30-39(51(71)72)57-42(63)19-22-46(67)68)48(52(4,5)6)40-26-35(37-27-36(53)17-18-38(37)54)29-59(40)28-34-14-9-7-10-15-34/h7,9-10,14-15,17-18,20-21,26-27,29,32-33,39,47-48H,8,11-13,16,19,22-25,28,30-31H2,1-6H3,(H,55,69)(H,56,70)(H,57,63)(H,58,62)(H,67,68)(H,71,72). The monoisotopic (exact) mass is 1040 g/mol. The van der Waals surface area contributed by atoms with Crippen LogP contribution in [0, 0.1) is 23.0 Å². The third kappa shape index (κ3) is 18.3. The van der Waals surface area contributed by atoms with Gasteiger partial charge in [0.1, 0.15) is 29.8 Å². The summed E-state index contributed by atoms with van der Waals surface area (Å²) >= 11 is 0.938. The number of hydrogen-bond acceptors (Lipinski definition) is 10. The Kier molecular flexibility index (Phi) is 22.3. The predicted molar refractivity (Wildman–Crippen MR) is 269 cm³/mol. The minimum Gasteiger partial charge on any atom is -0.481 e. The molecule has 7 amide bonds. The molecule has 18 nitrogen and oxygen atoms in total. The zero-order valence-electron chi connectivity index (χ0n) is 42.1. The van der Waals surface area contributed by atoms with Crippen LogP contribution in [0.15, 0.2) is 72.9 Å². The summed E-state index contributed by atoms with van der Waals surface area (Å²) in [6, 6.07) is 10.0. The van der Waals surface area contributed by atoms with Gasteiger partial charge in [0, 0.05) is 79.9 Å². The Morgan fingerprint density at radius 1 is 0.781 bits per heavy atom. The summed E-state index contributed by atoms with van der Waals surface area (Å²) in [7, 11) is 0. The summed E-state index contributed by atoms with van der Waals surface area (Å²) in [5.74, 6) is -8.25. The van der Waals surface area contributed by atoms with E-state index in [4.69, 9.17) is 5.11 Å². The van der Waals surface area contributed by atoms with E-state index in [-0.39, 0.29) is 79.7 Å². The van der Waals surface area contributed by atoms with Gasteiger partial charge in [0.05, 0.1) is 18.2 Å². The fraction of sp³-hybridized carbons (Fsp3) is 0.481. The van der Waals surface area contributed by atoms with Gasteiger partial charge in [0.2, 0.25) is 29.5 Å². The maximum atomic E-state index is 15.4. The quantitative estimate of drug-likeness (QED) is 0.0388. The molecule has 6 N–H and O–H groups in total. The predicted octanol–water partition coefficient (Wildman–Crippen LogP) is 5.20. The van der Waals surface area contributed by atoms with Crippen molar-refractivity contribution in [2.24, 2.45) is 11.3 Å². The molecule has 0 aliphatic carbocycles. The number of imide groups is 1. The third-order valence-corrected chi connectivity index (χ3v) is 12.9. The van der Waals surface area contributed by atoms with Gasteiger partial charge in [0.25, 0.3) is 11.8 Å². The van der Waals surface area contributed by atoms with Crippen LogP contribution in [0.25, 0.3) is 11.1 Å². The molecule has 396 valence electrons. The highest BCUT2D eigenvalue weighted by Crippen LogP contribution is 2.41. The molecule has 3 aromatic rings. The minimum atomic E-state index is -1.44. The van der Waals surface area contributed by atoms with Crippen molar-refractivity contribution in [2.45, 2.75) is 117 Å². The van der Waals surface area contributed by atoms with Crippen LogP contribution in [0.5, 0.6) is 0 Å². The first-order chi connectivity index (χ1) is 34.5. The molecule has 1 aromatic heterocycles. The number of carbonyl (C=O) groups is 9. The van der Waals surface area contributed by atoms with Crippen molar-refractivity contribution in [3.05, 3.63) is 95.8 Å². The molecule has 1 aliphatic heterocycles. The fourth-order valence-corrected chi connectivity index (χ4v) is 9.09. The Bertz CT molecular complexity index is 2480. The van der Waals surface area contributed by atoms with Crippen LogP contribution in [0.3, 0.4) is 0 Å². The van der Waals surface area contributed by atoms with Crippen LogP contribution in [-0.2, 0) is 49.7 Å². The summed E-state index contributed by atoms with van der Waals surface area (Å²) < 4.78 is 31.8. The number of halogens is 2. The third-order valence-electron chi connectivity index (χ3n) is 11.9. The first-order valence-electron chi connectivity index (χ1n) is 24.2. The average molecular weight is 1040 g/mol. The number of amides is 7. The summed E-state index contributed by atoms with van der Waals surface area (Å²) in [6.07, 6.45) is 4.99. The first kappa shape index (κ1) is 58.7. The number of benzene rings is 2. The van der Waals surface area contributed by atoms with E-state index < -0.39 is 89.6 Å². The number of carboxylic acid groups (broad SMARTS) is 2. The van der Waals surface area contributed by atoms with Crippen molar-refractivity contribution >= 4 is 65.1 Å². The highest BCUT2D eigenvalue weighted by molar-refractivity contribution is 8.00. The van der Waals surface area contributed by atoms with Gasteiger partial charge in [-0.3, -0.25) is 43.3 Å². The molecule has 0 radical (unpaired) electrons. The Balaban J connectivity index is 1.50. The van der Waals surface area contributed by atoms with Gasteiger partial charge in [0.15, 0.2) is 0 Å². The molecule has 4 atom stereocenters. The molecule has 0 spiro atoms. The molecule has 73 heavy (non-hydrogen) atoms. The molecule has 2 aromatic carbocycles. The fourth-order valence-electron chi connectivity index (χ4n) is 8.17. The van der Waals surface area contributed by atoms with Crippen LogP contribution in [-0.4, -0.2) is 127 Å². The lowest BCUT2D eigenvalue weighted by Gasteiger charge is -2.41. The van der Waals surface area contributed by atoms with E-state index in [1.807, 2.05) is 55.7 Å². The lowest BCUT2D eigenvalue weighted by molar-refractivity contribution is -0.142. The molecule has 21 heteroatoms. The molecule has 0 saturated carbocycles. The number of nitrogens with one attached hydrogen (secondary N) is 4. The topological polar surface area (TPSA) is 254 Å². The molecule has 4 unspecified atom stereocenters. The van der Waals surface area contributed by atoms with Crippen LogP contribution in [0.2, 0.25) is 0 Å². The van der Waals surface area contributed by atoms with E-state index in [9.17, 15) is 52.6 Å². The van der Waals surface area contributed by atoms with Crippen molar-refractivity contribution in [1.29, 1.82) is 0 Å². The molecule has 0 fully saturated rings. The van der Waals surface area contributed by atoms with Gasteiger partial charge >= 0.3 is 11.9 Å². The molecular weight excluding hydrogens is 969 g/mol. The van der Waals surface area contributed by atoms with Gasteiger partial charge in [-0.15, -0.1) is 11.8 Å². The minimum absolute atomic E-state index is 0.00288. The maximum absolute atomic E-state index is 15.4. The first-order valence-corrected chi connectivity index (χ1v) is 25.3. The Morgan fingerprint density at radius 2 is 1.45 bits per heavy atom. The van der Waals surface area contributed by atoms with Gasteiger partial charge in [-0.1, -0.05) is 71.4 Å². The number of carboxylic acids is 2. The highest BCUT2D eigenvalue weighted by Gasteiger charge is 2.38. The number of hydrogen-bond donors (Lipinski definition) is 6. The number of nitrogens with zero attached hydrogens (tertiary/aromatic N) is 3. The Hall–Kier alpha value is -6.90. The Morgan fingerprint density at radius 3 is 2.08 bits per heavy atom. The van der Waals surface area contributed by atoms with Crippen molar-refractivity contribution in [3.63, 3.8) is 0 Å². The summed E-state index contributed by atoms with van der Waals surface area (Å²) in [5.41, 5.74) is 1.06. The van der Waals surface area contributed by atoms with E-state index in [1.165, 1.54) is 19.1 Å². The zero-order valence-corrected chi connectivity index (χ0v) is 42.9. The van der Waals surface area contributed by atoms with E-state index in [0.717, 1.165) is 40.4 Å². The number of aliphatic carboxylic acids is 2. The van der Waals surface area contributed by atoms with E-state index in [1.54, 1.807) is 31.0 Å². The normalized spacial score (nSPS) is 14.1. The van der Waals surface area contributed by atoms with E-state index in [2.05, 4.69) is 21.3 Å². The lowest BCUT2D eigenvalue weighted by Crippen LogP contribution is -2.54. The van der Waals surface area contributed by atoms with Gasteiger partial charge in [-0.2, -0.15) is 0 Å². The lowest BCUT2D eigenvalue weighted by atomic mass is 9.83. The molecule has 0 bridgehead atoms. The number of carbonyl (C=O) groups excluding carboxylic acids is 7. The van der Waals surface area contributed by atoms with Crippen LogP contribution < -0.4 is 21.3 Å². The molecule has 0 saturated heterocycles. The Labute approximate surface area is 428 Å². The number of rotatable bonds is 29. The second kappa shape index (κ2) is 27.8. The van der Waals surface area contributed by atoms with Gasteiger partial charge in [-0.25, -0.2) is 13.6 Å². The largest absolute Gasteiger partial charge is 0.481 e. The van der Waals surface area contributed by atoms with Crippen molar-refractivity contribution < 1.29 is 62.1 Å². The molecule has 1 aliphatic rings. The van der Waals surface area contributed by atoms with E-state index >= 15 is 4.39 Å². The number of aromatic nitrogens is 1. The van der Waals surface area contributed by atoms with Crippen molar-refractivity contribution in [2.75, 3.05) is 31.1 Å². The van der Waals surface area contributed by atoms with Crippen molar-refractivity contribution in [1.82, 2.24) is 35.6 Å². The van der Waals surface area contributed by atoms with Crippen LogP contribution in [0.4, 0.5) is 8.78 Å². The number of thioether (sulfide) groups is 1. The maximum Gasteiger partial charge on any atom is 0.327 e. The molecule has 4 rings (SSSR count). The average Bonchev–Trinajstić information content (AvgIpc) is 3.88. The van der Waals surface area contributed by atoms with Crippen molar-refractivity contribution in [3.8, 4) is 11.1 Å². The van der Waals surface area contributed by atoms with Gasteiger partial charge < -0.3 is 40.9 Å². The van der Waals surface area contributed by atoms with Crippen LogP contribution >= 0.6 is 11.8 Å². The molecular formula is C52H67F2N7O11S. The highest BCUT2D eigenvalue weighted by atomic mass is 32.2. The second-order valence-electron chi connectivity index (χ2n) is 19.3. The van der Waals surface area contributed by atoms with Crippen LogP contribution in [0.1, 0.15) is 104 Å². The number of unbranched alkanes of at least 4 members (excludes halogenated alkanes) is 2. The summed E-state index contributed by atoms with van der Waals surface area (Å²) in [6.45, 7) is 11.3.